The minimum absolute atomic E-state index is 0.242. The summed E-state index contributed by atoms with van der Waals surface area (Å²) in [6.45, 7) is 0. The maximum Gasteiger partial charge on any atom is 0.156 e. The van der Waals surface area contributed by atoms with Crippen molar-refractivity contribution in [3.8, 4) is 6.07 Å². The Hall–Kier alpha value is -0.840. The Morgan fingerprint density at radius 2 is 2.09 bits per heavy atom. The average Bonchev–Trinajstić information content (AvgIpc) is 2.63. The molecule has 0 heterocycles. The summed E-state index contributed by atoms with van der Waals surface area (Å²) in [4.78, 5) is 11.5. The summed E-state index contributed by atoms with van der Waals surface area (Å²) in [5.74, 6) is 0.489. The van der Waals surface area contributed by atoms with Gasteiger partial charge in [0.25, 0.3) is 0 Å². The van der Waals surface area contributed by atoms with Crippen LogP contribution in [0, 0.1) is 22.7 Å². The van der Waals surface area contributed by atoms with Gasteiger partial charge in [-0.1, -0.05) is 6.42 Å². The summed E-state index contributed by atoms with van der Waals surface area (Å²) in [6.07, 6.45) is 4.88. The quantitative estimate of drug-likeness (QED) is 0.599. The van der Waals surface area contributed by atoms with Crippen molar-refractivity contribution in [3.05, 3.63) is 0 Å². The highest BCUT2D eigenvalue weighted by molar-refractivity contribution is 5.92. The molecule has 0 radical (unpaired) electrons. The van der Waals surface area contributed by atoms with Gasteiger partial charge in [0.1, 0.15) is 5.41 Å². The van der Waals surface area contributed by atoms with Crippen molar-refractivity contribution in [1.82, 2.24) is 0 Å². The number of hydrogen-bond donors (Lipinski definition) is 0. The van der Waals surface area contributed by atoms with Gasteiger partial charge in [-0.05, 0) is 25.7 Å². The van der Waals surface area contributed by atoms with E-state index in [0.29, 0.717) is 0 Å². The standard InChI is InChI=1S/C9H11NO/c10-6-9(4-5-9)8(11)7-2-1-3-7/h7H,1-5H2. The van der Waals surface area contributed by atoms with Crippen molar-refractivity contribution >= 4 is 5.78 Å². The zero-order valence-corrected chi connectivity index (χ0v) is 6.47. The Morgan fingerprint density at radius 3 is 2.36 bits per heavy atom. The zero-order valence-electron chi connectivity index (χ0n) is 6.47. The summed E-state index contributed by atoms with van der Waals surface area (Å²) in [5, 5.41) is 8.72. The van der Waals surface area contributed by atoms with E-state index in [9.17, 15) is 4.79 Å². The van der Waals surface area contributed by atoms with E-state index in [1.54, 1.807) is 0 Å². The number of carbonyl (C=O) groups is 1. The second-order valence-corrected chi connectivity index (χ2v) is 3.69. The Kier molecular flexibility index (Phi) is 1.29. The third-order valence-electron chi connectivity index (χ3n) is 2.91. The molecule has 0 N–H and O–H groups in total. The van der Waals surface area contributed by atoms with Gasteiger partial charge in [-0.3, -0.25) is 4.79 Å². The molecular weight excluding hydrogens is 138 g/mol. The average molecular weight is 149 g/mol. The Labute approximate surface area is 66.2 Å². The van der Waals surface area contributed by atoms with E-state index < -0.39 is 5.41 Å². The third-order valence-corrected chi connectivity index (χ3v) is 2.91. The molecule has 2 saturated carbocycles. The van der Waals surface area contributed by atoms with Gasteiger partial charge in [-0.2, -0.15) is 5.26 Å². The molecule has 0 saturated heterocycles. The SMILES string of the molecule is N#CC1(C(=O)C2CCC2)CC1. The van der Waals surface area contributed by atoms with Crippen molar-refractivity contribution in [2.24, 2.45) is 11.3 Å². The van der Waals surface area contributed by atoms with Crippen molar-refractivity contribution in [1.29, 1.82) is 5.26 Å². The molecule has 2 fully saturated rings. The normalized spacial score (nSPS) is 26.8. The number of ketones is 1. The lowest BCUT2D eigenvalue weighted by atomic mass is 9.77. The highest BCUT2D eigenvalue weighted by Crippen LogP contribution is 2.50. The molecule has 0 bridgehead atoms. The Morgan fingerprint density at radius 1 is 1.45 bits per heavy atom. The van der Waals surface area contributed by atoms with E-state index in [1.807, 2.05) is 0 Å². The molecule has 0 spiro atoms. The lowest BCUT2D eigenvalue weighted by molar-refractivity contribution is -0.128. The van der Waals surface area contributed by atoms with Gasteiger partial charge in [0.05, 0.1) is 6.07 Å². The summed E-state index contributed by atoms with van der Waals surface area (Å²) in [5.41, 5.74) is -0.509. The molecule has 0 aromatic heterocycles. The molecule has 2 aliphatic carbocycles. The van der Waals surface area contributed by atoms with Crippen molar-refractivity contribution in [3.63, 3.8) is 0 Å². The van der Waals surface area contributed by atoms with E-state index in [1.165, 1.54) is 6.42 Å². The minimum Gasteiger partial charge on any atom is -0.298 e. The molecule has 2 nitrogen and oxygen atoms in total. The van der Waals surface area contributed by atoms with Gasteiger partial charge < -0.3 is 0 Å². The van der Waals surface area contributed by atoms with Crippen LogP contribution >= 0.6 is 0 Å². The number of nitrogens with zero attached hydrogens (tertiary/aromatic N) is 1. The van der Waals surface area contributed by atoms with Crippen molar-refractivity contribution in [2.75, 3.05) is 0 Å². The van der Waals surface area contributed by atoms with Gasteiger partial charge in [0, 0.05) is 5.92 Å². The minimum atomic E-state index is -0.509. The van der Waals surface area contributed by atoms with Crippen LogP contribution in [0.25, 0.3) is 0 Å². The first kappa shape index (κ1) is 6.84. The monoisotopic (exact) mass is 149 g/mol. The Bertz CT molecular complexity index is 230. The zero-order chi connectivity index (χ0) is 7.90. The van der Waals surface area contributed by atoms with Gasteiger partial charge in [-0.15, -0.1) is 0 Å². The lowest BCUT2D eigenvalue weighted by Crippen LogP contribution is -2.28. The second-order valence-electron chi connectivity index (χ2n) is 3.69. The van der Waals surface area contributed by atoms with Gasteiger partial charge in [0.15, 0.2) is 5.78 Å². The van der Waals surface area contributed by atoms with Crippen LogP contribution in [-0.4, -0.2) is 5.78 Å². The molecule has 0 aromatic carbocycles. The van der Waals surface area contributed by atoms with E-state index >= 15 is 0 Å². The molecule has 2 heteroatoms. The van der Waals surface area contributed by atoms with Crippen LogP contribution in [0.15, 0.2) is 0 Å². The van der Waals surface area contributed by atoms with Crippen LogP contribution in [0.1, 0.15) is 32.1 Å². The smallest absolute Gasteiger partial charge is 0.156 e. The van der Waals surface area contributed by atoms with Crippen LogP contribution in [-0.2, 0) is 4.79 Å². The molecular formula is C9H11NO. The van der Waals surface area contributed by atoms with Crippen LogP contribution in [0.4, 0.5) is 0 Å². The summed E-state index contributed by atoms with van der Waals surface area (Å²) in [7, 11) is 0. The molecule has 2 rings (SSSR count). The van der Waals surface area contributed by atoms with Crippen LogP contribution in [0.5, 0.6) is 0 Å². The van der Waals surface area contributed by atoms with Crippen LogP contribution in [0.2, 0.25) is 0 Å². The topological polar surface area (TPSA) is 40.9 Å². The molecule has 11 heavy (non-hydrogen) atoms. The maximum atomic E-state index is 11.5. The summed E-state index contributed by atoms with van der Waals surface area (Å²) >= 11 is 0. The molecule has 58 valence electrons. The van der Waals surface area contributed by atoms with E-state index in [4.69, 9.17) is 5.26 Å². The third kappa shape index (κ3) is 0.875. The largest absolute Gasteiger partial charge is 0.298 e. The Balaban J connectivity index is 2.05. The van der Waals surface area contributed by atoms with Crippen molar-refractivity contribution in [2.45, 2.75) is 32.1 Å². The number of Topliss-reactive ketones (excluding diaryl/α,β-unsaturated/α-hetero) is 1. The highest BCUT2D eigenvalue weighted by atomic mass is 16.1. The molecule has 0 unspecified atom stereocenters. The second kappa shape index (κ2) is 2.07. The first-order chi connectivity index (χ1) is 5.28. The predicted molar refractivity (Wildman–Crippen MR) is 39.6 cm³/mol. The predicted octanol–water partition coefficient (Wildman–Crippen LogP) is 1.66. The number of nitriles is 1. The number of rotatable bonds is 2. The summed E-state index contributed by atoms with van der Waals surface area (Å²) < 4.78 is 0. The summed E-state index contributed by atoms with van der Waals surface area (Å²) in [6, 6.07) is 2.15. The molecule has 2 aliphatic rings. The van der Waals surface area contributed by atoms with Crippen molar-refractivity contribution < 1.29 is 4.79 Å². The molecule has 0 amide bonds. The fraction of sp³-hybridized carbons (Fsp3) is 0.778. The van der Waals surface area contributed by atoms with E-state index in [2.05, 4.69) is 6.07 Å². The van der Waals surface area contributed by atoms with Crippen LogP contribution in [0.3, 0.4) is 0 Å². The highest BCUT2D eigenvalue weighted by Gasteiger charge is 2.53. The van der Waals surface area contributed by atoms with Gasteiger partial charge >= 0.3 is 0 Å². The van der Waals surface area contributed by atoms with Gasteiger partial charge in [-0.25, -0.2) is 0 Å². The number of hydrogen-bond acceptors (Lipinski definition) is 2. The maximum absolute atomic E-state index is 11.5. The molecule has 0 atom stereocenters. The molecule has 0 aliphatic heterocycles. The lowest BCUT2D eigenvalue weighted by Gasteiger charge is -2.25. The number of carbonyl (C=O) groups excluding carboxylic acids is 1. The first-order valence-corrected chi connectivity index (χ1v) is 4.24. The first-order valence-electron chi connectivity index (χ1n) is 4.24. The van der Waals surface area contributed by atoms with Gasteiger partial charge in [0.2, 0.25) is 0 Å². The van der Waals surface area contributed by atoms with E-state index in [-0.39, 0.29) is 11.7 Å². The molecule has 0 aromatic rings. The van der Waals surface area contributed by atoms with E-state index in [0.717, 1.165) is 25.7 Å². The fourth-order valence-corrected chi connectivity index (χ4v) is 1.60. The van der Waals surface area contributed by atoms with Crippen LogP contribution < -0.4 is 0 Å². The fourth-order valence-electron chi connectivity index (χ4n) is 1.60.